The maximum atomic E-state index is 10.9. The van der Waals surface area contributed by atoms with Crippen LogP contribution in [-0.2, 0) is 0 Å². The van der Waals surface area contributed by atoms with Crippen LogP contribution in [0.15, 0.2) is 22.6 Å². The summed E-state index contributed by atoms with van der Waals surface area (Å²) < 4.78 is 10.5. The number of ether oxygens (including phenoxy) is 1. The lowest BCUT2D eigenvalue weighted by Gasteiger charge is -2.01. The fourth-order valence-corrected chi connectivity index (χ4v) is 1.53. The minimum atomic E-state index is -0.578. The van der Waals surface area contributed by atoms with Crippen LogP contribution >= 0.6 is 0 Å². The highest BCUT2D eigenvalue weighted by molar-refractivity contribution is 5.96. The highest BCUT2D eigenvalue weighted by Crippen LogP contribution is 2.29. The number of benzene rings is 1. The van der Waals surface area contributed by atoms with Crippen LogP contribution in [0.25, 0.3) is 11.0 Å². The molecule has 0 aliphatic heterocycles. The quantitative estimate of drug-likeness (QED) is 0.813. The van der Waals surface area contributed by atoms with Crippen molar-refractivity contribution >= 4 is 16.9 Å². The van der Waals surface area contributed by atoms with Gasteiger partial charge in [-0.3, -0.25) is 4.79 Å². The van der Waals surface area contributed by atoms with Crippen molar-refractivity contribution in [2.75, 3.05) is 7.11 Å². The van der Waals surface area contributed by atoms with E-state index >= 15 is 0 Å². The van der Waals surface area contributed by atoms with Crippen LogP contribution in [0.5, 0.6) is 5.75 Å². The van der Waals surface area contributed by atoms with Gasteiger partial charge in [0.15, 0.2) is 5.76 Å². The number of hydrogen-bond acceptors (Lipinski definition) is 3. The predicted octanol–water partition coefficient (Wildman–Crippen LogP) is 1.85. The summed E-state index contributed by atoms with van der Waals surface area (Å²) in [7, 11) is 1.57. The molecule has 0 saturated heterocycles. The molecular weight excluding hydrogens is 194 g/mol. The zero-order valence-corrected chi connectivity index (χ0v) is 8.53. The summed E-state index contributed by atoms with van der Waals surface area (Å²) in [4.78, 5) is 10.9. The van der Waals surface area contributed by atoms with E-state index in [0.717, 1.165) is 10.9 Å². The lowest BCUT2D eigenvalue weighted by molar-refractivity contribution is 0.0976. The molecule has 1 aromatic heterocycles. The maximum absolute atomic E-state index is 10.9. The molecule has 0 saturated carbocycles. The second kappa shape index (κ2) is 3.31. The molecule has 78 valence electrons. The number of methoxy groups -OCH3 is 1. The van der Waals surface area contributed by atoms with Crippen LogP contribution in [-0.4, -0.2) is 13.0 Å². The SMILES string of the molecule is COc1cc(C)cc2oc(C(N)=O)cc12. The molecule has 0 aliphatic rings. The van der Waals surface area contributed by atoms with Gasteiger partial charge in [-0.2, -0.15) is 0 Å². The molecule has 0 spiro atoms. The van der Waals surface area contributed by atoms with Crippen molar-refractivity contribution in [3.63, 3.8) is 0 Å². The number of aryl methyl sites for hydroxylation is 1. The lowest BCUT2D eigenvalue weighted by Crippen LogP contribution is -2.08. The molecule has 0 bridgehead atoms. The van der Waals surface area contributed by atoms with Crippen LogP contribution in [0.4, 0.5) is 0 Å². The van der Waals surface area contributed by atoms with Gasteiger partial charge >= 0.3 is 0 Å². The Morgan fingerprint density at radius 3 is 2.73 bits per heavy atom. The van der Waals surface area contributed by atoms with Crippen molar-refractivity contribution in [3.8, 4) is 5.75 Å². The van der Waals surface area contributed by atoms with E-state index in [2.05, 4.69) is 0 Å². The molecule has 2 aromatic rings. The molecule has 1 aromatic carbocycles. The summed E-state index contributed by atoms with van der Waals surface area (Å²) in [6.45, 7) is 1.93. The Morgan fingerprint density at radius 2 is 2.13 bits per heavy atom. The zero-order chi connectivity index (χ0) is 11.0. The minimum absolute atomic E-state index is 0.147. The number of carbonyl (C=O) groups is 1. The van der Waals surface area contributed by atoms with E-state index in [1.165, 1.54) is 0 Å². The summed E-state index contributed by atoms with van der Waals surface area (Å²) in [5.41, 5.74) is 6.75. The molecule has 2 N–H and O–H groups in total. The molecule has 0 fully saturated rings. The van der Waals surface area contributed by atoms with Crippen molar-refractivity contribution in [3.05, 3.63) is 29.5 Å². The van der Waals surface area contributed by atoms with E-state index < -0.39 is 5.91 Å². The third-order valence-electron chi connectivity index (χ3n) is 2.21. The molecule has 4 heteroatoms. The fraction of sp³-hybridized carbons (Fsp3) is 0.182. The van der Waals surface area contributed by atoms with Crippen molar-refractivity contribution in [2.45, 2.75) is 6.92 Å². The smallest absolute Gasteiger partial charge is 0.284 e. The van der Waals surface area contributed by atoms with E-state index in [-0.39, 0.29) is 5.76 Å². The van der Waals surface area contributed by atoms with Gasteiger partial charge in [-0.15, -0.1) is 0 Å². The Labute approximate surface area is 86.6 Å². The van der Waals surface area contributed by atoms with Gasteiger partial charge in [0, 0.05) is 6.07 Å². The molecule has 0 atom stereocenters. The average Bonchev–Trinajstić information content (AvgIpc) is 2.59. The van der Waals surface area contributed by atoms with Crippen molar-refractivity contribution < 1.29 is 13.9 Å². The summed E-state index contributed by atoms with van der Waals surface area (Å²) in [5.74, 6) is 0.251. The molecule has 2 rings (SSSR count). The van der Waals surface area contributed by atoms with Gasteiger partial charge in [-0.1, -0.05) is 0 Å². The Morgan fingerprint density at radius 1 is 1.40 bits per heavy atom. The standard InChI is InChI=1S/C11H11NO3/c1-6-3-8(14-2)7-5-10(11(12)13)15-9(7)4-6/h3-5H,1-2H3,(H2,12,13). The number of carbonyl (C=O) groups excluding carboxylic acids is 1. The number of amides is 1. The number of furan rings is 1. The Kier molecular flexibility index (Phi) is 2.11. The van der Waals surface area contributed by atoms with Gasteiger partial charge < -0.3 is 14.9 Å². The average molecular weight is 205 g/mol. The van der Waals surface area contributed by atoms with Crippen molar-refractivity contribution in [1.29, 1.82) is 0 Å². The Hall–Kier alpha value is -1.97. The first-order valence-electron chi connectivity index (χ1n) is 4.50. The van der Waals surface area contributed by atoms with E-state index in [1.807, 2.05) is 19.1 Å². The summed E-state index contributed by atoms with van der Waals surface area (Å²) in [5, 5.41) is 0.761. The van der Waals surface area contributed by atoms with Crippen LogP contribution in [0.1, 0.15) is 16.1 Å². The maximum Gasteiger partial charge on any atom is 0.284 e. The number of primary amides is 1. The third kappa shape index (κ3) is 1.54. The van der Waals surface area contributed by atoms with E-state index in [1.54, 1.807) is 13.2 Å². The lowest BCUT2D eigenvalue weighted by atomic mass is 10.1. The topological polar surface area (TPSA) is 65.5 Å². The second-order valence-electron chi connectivity index (χ2n) is 3.35. The first-order valence-corrected chi connectivity index (χ1v) is 4.50. The largest absolute Gasteiger partial charge is 0.496 e. The Balaban J connectivity index is 2.74. The monoisotopic (exact) mass is 205 g/mol. The molecule has 1 heterocycles. The van der Waals surface area contributed by atoms with Gasteiger partial charge in [0.25, 0.3) is 5.91 Å². The molecule has 15 heavy (non-hydrogen) atoms. The van der Waals surface area contributed by atoms with Crippen molar-refractivity contribution in [1.82, 2.24) is 0 Å². The molecule has 0 aliphatic carbocycles. The number of nitrogens with two attached hydrogens (primary N) is 1. The first kappa shape index (κ1) is 9.58. The van der Waals surface area contributed by atoms with E-state index in [4.69, 9.17) is 14.9 Å². The van der Waals surface area contributed by atoms with Crippen LogP contribution in [0.2, 0.25) is 0 Å². The molecular formula is C11H11NO3. The number of rotatable bonds is 2. The number of fused-ring (bicyclic) bond motifs is 1. The van der Waals surface area contributed by atoms with Gasteiger partial charge in [0.1, 0.15) is 11.3 Å². The summed E-state index contributed by atoms with van der Waals surface area (Å²) >= 11 is 0. The van der Waals surface area contributed by atoms with Crippen LogP contribution in [0.3, 0.4) is 0 Å². The Bertz CT molecular complexity index is 528. The molecule has 1 amide bonds. The third-order valence-corrected chi connectivity index (χ3v) is 2.21. The second-order valence-corrected chi connectivity index (χ2v) is 3.35. The van der Waals surface area contributed by atoms with Gasteiger partial charge in [-0.05, 0) is 24.6 Å². The first-order chi connectivity index (χ1) is 7.11. The highest BCUT2D eigenvalue weighted by Gasteiger charge is 2.12. The zero-order valence-electron chi connectivity index (χ0n) is 8.53. The predicted molar refractivity (Wildman–Crippen MR) is 56.0 cm³/mol. The highest BCUT2D eigenvalue weighted by atomic mass is 16.5. The van der Waals surface area contributed by atoms with Gasteiger partial charge in [0.05, 0.1) is 12.5 Å². The molecule has 0 unspecified atom stereocenters. The summed E-state index contributed by atoms with van der Waals surface area (Å²) in [6, 6.07) is 5.31. The fourth-order valence-electron chi connectivity index (χ4n) is 1.53. The molecule has 0 radical (unpaired) electrons. The van der Waals surface area contributed by atoms with Crippen molar-refractivity contribution in [2.24, 2.45) is 5.73 Å². The van der Waals surface area contributed by atoms with E-state index in [9.17, 15) is 4.79 Å². The minimum Gasteiger partial charge on any atom is -0.496 e. The molecule has 4 nitrogen and oxygen atoms in total. The summed E-state index contributed by atoms with van der Waals surface area (Å²) in [6.07, 6.45) is 0. The van der Waals surface area contributed by atoms with Gasteiger partial charge in [-0.25, -0.2) is 0 Å². The van der Waals surface area contributed by atoms with Crippen LogP contribution < -0.4 is 10.5 Å². The van der Waals surface area contributed by atoms with E-state index in [0.29, 0.717) is 11.3 Å². The van der Waals surface area contributed by atoms with Gasteiger partial charge in [0.2, 0.25) is 0 Å². The number of hydrogen-bond donors (Lipinski definition) is 1. The van der Waals surface area contributed by atoms with Crippen LogP contribution in [0, 0.1) is 6.92 Å². The normalized spacial score (nSPS) is 10.5.